The summed E-state index contributed by atoms with van der Waals surface area (Å²) in [7, 11) is 0. The normalized spacial score (nSPS) is 18.5. The van der Waals surface area contributed by atoms with Crippen molar-refractivity contribution >= 4 is 28.5 Å². The van der Waals surface area contributed by atoms with E-state index < -0.39 is 73.8 Å². The third kappa shape index (κ3) is 4.45. The standard InChI is InChI=1S/C14H5F10N3O3S/c15-7(12(16,17)18)8-11(13(19,20)21,14(22,23)24)26-10(31-8)25-9(28)5-1-3-6(4-2-5)27(29)30/h1-4H,(H,25,26,28). The maximum absolute atomic E-state index is 13.6. The van der Waals surface area contributed by atoms with E-state index in [1.165, 1.54) is 5.32 Å². The number of nitro benzene ring substituents is 1. The molecule has 0 spiro atoms. The Morgan fingerprint density at radius 2 is 1.48 bits per heavy atom. The Morgan fingerprint density at radius 1 is 1.00 bits per heavy atom. The molecule has 17 heteroatoms. The number of alkyl halides is 9. The Labute approximate surface area is 168 Å². The molecule has 0 unspecified atom stereocenters. The van der Waals surface area contributed by atoms with Crippen LogP contribution in [0.4, 0.5) is 49.6 Å². The average molecular weight is 485 g/mol. The summed E-state index contributed by atoms with van der Waals surface area (Å²) in [6.45, 7) is 0. The van der Waals surface area contributed by atoms with Gasteiger partial charge in [0.25, 0.3) is 17.1 Å². The van der Waals surface area contributed by atoms with Crippen LogP contribution in [0.5, 0.6) is 0 Å². The molecule has 1 amide bonds. The minimum absolute atomic E-state index is 0.519. The third-order valence-electron chi connectivity index (χ3n) is 3.63. The van der Waals surface area contributed by atoms with Crippen LogP contribution in [0.15, 0.2) is 40.0 Å². The number of carbonyl (C=O) groups excluding carboxylic acids is 1. The largest absolute Gasteiger partial charge is 0.443 e. The van der Waals surface area contributed by atoms with Crippen LogP contribution in [0.1, 0.15) is 10.4 Å². The van der Waals surface area contributed by atoms with Gasteiger partial charge >= 0.3 is 18.5 Å². The Kier molecular flexibility index (Phi) is 6.05. The summed E-state index contributed by atoms with van der Waals surface area (Å²) in [6.07, 6.45) is -19.3. The molecular formula is C14H5F10N3O3S. The monoisotopic (exact) mass is 485 g/mol. The van der Waals surface area contributed by atoms with Crippen LogP contribution in [0.2, 0.25) is 0 Å². The van der Waals surface area contributed by atoms with E-state index in [4.69, 9.17) is 0 Å². The van der Waals surface area contributed by atoms with Crippen molar-refractivity contribution in [2.24, 2.45) is 4.99 Å². The number of rotatable bonds is 2. The Hall–Kier alpha value is -2.85. The minimum Gasteiger partial charge on any atom is -0.301 e. The van der Waals surface area contributed by atoms with Gasteiger partial charge < -0.3 is 5.32 Å². The van der Waals surface area contributed by atoms with E-state index in [2.05, 4.69) is 4.99 Å². The molecule has 0 radical (unpaired) electrons. The quantitative estimate of drug-likeness (QED) is 0.362. The molecule has 1 aliphatic heterocycles. The number of nitro groups is 1. The van der Waals surface area contributed by atoms with E-state index in [0.29, 0.717) is 0 Å². The summed E-state index contributed by atoms with van der Waals surface area (Å²) < 4.78 is 131. The molecule has 0 aromatic heterocycles. The third-order valence-corrected chi connectivity index (χ3v) is 4.69. The van der Waals surface area contributed by atoms with E-state index in [9.17, 15) is 58.8 Å². The van der Waals surface area contributed by atoms with Crippen molar-refractivity contribution in [2.75, 3.05) is 0 Å². The first-order valence-electron chi connectivity index (χ1n) is 7.36. The highest BCUT2D eigenvalue weighted by atomic mass is 32.2. The van der Waals surface area contributed by atoms with Crippen LogP contribution >= 0.6 is 11.8 Å². The van der Waals surface area contributed by atoms with Crippen LogP contribution in [-0.4, -0.2) is 40.1 Å². The smallest absolute Gasteiger partial charge is 0.301 e. The second kappa shape index (κ2) is 7.69. The molecule has 0 aliphatic carbocycles. The number of nitrogens with zero attached hydrogens (tertiary/aromatic N) is 2. The lowest BCUT2D eigenvalue weighted by Gasteiger charge is -2.31. The van der Waals surface area contributed by atoms with Gasteiger partial charge in [-0.3, -0.25) is 14.9 Å². The predicted molar refractivity (Wildman–Crippen MR) is 84.6 cm³/mol. The fourth-order valence-electron chi connectivity index (χ4n) is 2.23. The number of nitrogens with one attached hydrogen (secondary N) is 1. The number of hydrogen-bond donors (Lipinski definition) is 1. The first-order valence-corrected chi connectivity index (χ1v) is 8.18. The van der Waals surface area contributed by atoms with E-state index in [1.807, 2.05) is 0 Å². The lowest BCUT2D eigenvalue weighted by Crippen LogP contribution is -2.55. The number of amidine groups is 1. The van der Waals surface area contributed by atoms with Crippen LogP contribution in [0.3, 0.4) is 0 Å². The molecular weight excluding hydrogens is 480 g/mol. The fourth-order valence-corrected chi connectivity index (χ4v) is 3.38. The topological polar surface area (TPSA) is 84.6 Å². The van der Waals surface area contributed by atoms with Crippen molar-refractivity contribution in [2.45, 2.75) is 24.1 Å². The number of aliphatic imine (C=N–C) groups is 1. The SMILES string of the molecule is O=C(NC1=NC(C(F)(F)F)(C(F)(F)F)C(=C(F)C(F)(F)F)S1)c1ccc([N+](=O)[O-])cc1. The molecule has 0 bridgehead atoms. The molecule has 1 N–H and O–H groups in total. The van der Waals surface area contributed by atoms with Gasteiger partial charge in [-0.2, -0.15) is 39.5 Å². The summed E-state index contributed by atoms with van der Waals surface area (Å²) in [5.74, 6) is -5.15. The second-order valence-electron chi connectivity index (χ2n) is 5.62. The first-order chi connectivity index (χ1) is 13.9. The average Bonchev–Trinajstić information content (AvgIpc) is 3.00. The van der Waals surface area contributed by atoms with Gasteiger partial charge in [-0.1, -0.05) is 11.8 Å². The highest BCUT2D eigenvalue weighted by Gasteiger charge is 2.77. The van der Waals surface area contributed by atoms with Gasteiger partial charge in [0.1, 0.15) is 0 Å². The molecule has 6 nitrogen and oxygen atoms in total. The van der Waals surface area contributed by atoms with Crippen molar-refractivity contribution in [3.05, 3.63) is 50.7 Å². The highest BCUT2D eigenvalue weighted by Crippen LogP contribution is 2.59. The number of allylic oxidation sites excluding steroid dienone is 1. The number of amides is 1. The summed E-state index contributed by atoms with van der Waals surface area (Å²) in [4.78, 5) is 21.0. The fraction of sp³-hybridized carbons (Fsp3) is 0.286. The Morgan fingerprint density at radius 3 is 1.87 bits per heavy atom. The molecule has 0 saturated heterocycles. The molecule has 0 saturated carbocycles. The number of thioether (sulfide) groups is 1. The Balaban J connectivity index is 2.54. The van der Waals surface area contributed by atoms with Crippen LogP contribution in [0.25, 0.3) is 0 Å². The zero-order valence-corrected chi connectivity index (χ0v) is 14.9. The molecule has 31 heavy (non-hydrogen) atoms. The maximum atomic E-state index is 13.6. The van der Waals surface area contributed by atoms with Crippen molar-refractivity contribution in [1.82, 2.24) is 5.32 Å². The van der Waals surface area contributed by atoms with Gasteiger partial charge in [0.2, 0.25) is 5.83 Å². The van der Waals surface area contributed by atoms with Crippen molar-refractivity contribution < 1.29 is 53.6 Å². The molecule has 0 fully saturated rings. The maximum Gasteiger partial charge on any atom is 0.443 e. The molecule has 1 aromatic carbocycles. The number of hydrogen-bond acceptors (Lipinski definition) is 5. The second-order valence-corrected chi connectivity index (χ2v) is 6.62. The lowest BCUT2D eigenvalue weighted by molar-refractivity contribution is -0.384. The number of carbonyl (C=O) groups is 1. The van der Waals surface area contributed by atoms with Gasteiger partial charge in [0.05, 0.1) is 9.83 Å². The van der Waals surface area contributed by atoms with E-state index >= 15 is 0 Å². The summed E-state index contributed by atoms with van der Waals surface area (Å²) >= 11 is -1.01. The van der Waals surface area contributed by atoms with E-state index in [1.54, 1.807) is 0 Å². The van der Waals surface area contributed by atoms with Crippen LogP contribution in [0, 0.1) is 10.1 Å². The Bertz CT molecular complexity index is 950. The van der Waals surface area contributed by atoms with Crippen LogP contribution < -0.4 is 5.32 Å². The molecule has 1 aliphatic rings. The molecule has 170 valence electrons. The summed E-state index contributed by atoms with van der Waals surface area (Å²) in [5, 5.41) is 10.3. The van der Waals surface area contributed by atoms with Crippen molar-refractivity contribution in [3.8, 4) is 0 Å². The van der Waals surface area contributed by atoms with E-state index in [0.717, 1.165) is 24.3 Å². The van der Waals surface area contributed by atoms with Crippen molar-refractivity contribution in [1.29, 1.82) is 0 Å². The molecule has 0 atom stereocenters. The highest BCUT2D eigenvalue weighted by molar-refractivity contribution is 8.17. The van der Waals surface area contributed by atoms with E-state index in [-0.39, 0.29) is 0 Å². The summed E-state index contributed by atoms with van der Waals surface area (Å²) in [5.41, 5.74) is -6.65. The number of non-ortho nitro benzene ring substituents is 1. The predicted octanol–water partition coefficient (Wildman–Crippen LogP) is 5.03. The summed E-state index contributed by atoms with van der Waals surface area (Å²) in [6, 6.07) is 3.06. The lowest BCUT2D eigenvalue weighted by atomic mass is 9.97. The van der Waals surface area contributed by atoms with Crippen LogP contribution in [-0.2, 0) is 0 Å². The first kappa shape index (κ1) is 24.4. The van der Waals surface area contributed by atoms with Crippen molar-refractivity contribution in [3.63, 3.8) is 0 Å². The van der Waals surface area contributed by atoms with Gasteiger partial charge in [-0.05, 0) is 12.1 Å². The molecule has 1 aromatic rings. The van der Waals surface area contributed by atoms with Gasteiger partial charge in [0, 0.05) is 17.7 Å². The zero-order valence-electron chi connectivity index (χ0n) is 14.1. The molecule has 1 heterocycles. The number of halogens is 10. The minimum atomic E-state index is -6.56. The zero-order chi connectivity index (χ0) is 24.0. The van der Waals surface area contributed by atoms with Gasteiger partial charge in [0.15, 0.2) is 5.17 Å². The van der Waals surface area contributed by atoms with Gasteiger partial charge in [-0.25, -0.2) is 9.38 Å². The van der Waals surface area contributed by atoms with Gasteiger partial charge in [-0.15, -0.1) is 0 Å². The molecule has 2 rings (SSSR count). The number of benzene rings is 1.